The van der Waals surface area contributed by atoms with Gasteiger partial charge in [-0.05, 0) is 43.9 Å². The Bertz CT molecular complexity index is 663. The van der Waals surface area contributed by atoms with E-state index < -0.39 is 0 Å². The third-order valence-corrected chi connectivity index (χ3v) is 4.10. The zero-order valence-electron chi connectivity index (χ0n) is 13.5. The molecule has 120 valence electrons. The smallest absolute Gasteiger partial charge is 0.272 e. The predicted octanol–water partition coefficient (Wildman–Crippen LogP) is 2.71. The lowest BCUT2D eigenvalue weighted by Crippen LogP contribution is -2.31. The van der Waals surface area contributed by atoms with Crippen molar-refractivity contribution in [3.8, 4) is 0 Å². The standard InChI is InChI=1S/C18H22N4O/c1-14-6-5-7-15(12-14)13-19-18(23)16-8-9-17(21-20-16)22-10-3-2-4-11-22/h5-9,12H,2-4,10-11,13H2,1H3,(H,19,23). The molecule has 0 unspecified atom stereocenters. The molecule has 1 fully saturated rings. The quantitative estimate of drug-likeness (QED) is 0.943. The van der Waals surface area contributed by atoms with Gasteiger partial charge in [0.2, 0.25) is 0 Å². The number of hydrogen-bond acceptors (Lipinski definition) is 4. The molecule has 1 aromatic heterocycles. The summed E-state index contributed by atoms with van der Waals surface area (Å²) in [7, 11) is 0. The number of piperidine rings is 1. The molecule has 0 bridgehead atoms. The van der Waals surface area contributed by atoms with Crippen LogP contribution in [0.25, 0.3) is 0 Å². The minimum atomic E-state index is -0.191. The van der Waals surface area contributed by atoms with Crippen LogP contribution < -0.4 is 10.2 Å². The maximum atomic E-state index is 12.2. The summed E-state index contributed by atoms with van der Waals surface area (Å²) in [6.45, 7) is 4.58. The lowest BCUT2D eigenvalue weighted by molar-refractivity contribution is 0.0945. The number of aryl methyl sites for hydroxylation is 1. The van der Waals surface area contributed by atoms with Gasteiger partial charge in [-0.25, -0.2) is 0 Å². The van der Waals surface area contributed by atoms with E-state index in [1.165, 1.54) is 24.8 Å². The molecule has 5 heteroatoms. The molecule has 2 aromatic rings. The van der Waals surface area contributed by atoms with Crippen LogP contribution in [0.5, 0.6) is 0 Å². The molecule has 1 saturated heterocycles. The van der Waals surface area contributed by atoms with Crippen molar-refractivity contribution in [3.63, 3.8) is 0 Å². The number of aromatic nitrogens is 2. The molecule has 0 aliphatic carbocycles. The number of benzene rings is 1. The van der Waals surface area contributed by atoms with E-state index in [2.05, 4.69) is 26.5 Å². The van der Waals surface area contributed by atoms with E-state index >= 15 is 0 Å². The molecule has 0 atom stereocenters. The minimum absolute atomic E-state index is 0.191. The summed E-state index contributed by atoms with van der Waals surface area (Å²) in [5.41, 5.74) is 2.62. The molecule has 23 heavy (non-hydrogen) atoms. The number of hydrogen-bond donors (Lipinski definition) is 1. The minimum Gasteiger partial charge on any atom is -0.355 e. The van der Waals surface area contributed by atoms with Crippen molar-refractivity contribution < 1.29 is 4.79 Å². The molecule has 1 aliphatic rings. The van der Waals surface area contributed by atoms with Crippen molar-refractivity contribution >= 4 is 11.7 Å². The average molecular weight is 310 g/mol. The Balaban J connectivity index is 1.59. The van der Waals surface area contributed by atoms with Gasteiger partial charge in [0, 0.05) is 19.6 Å². The Kier molecular flexibility index (Phi) is 4.86. The highest BCUT2D eigenvalue weighted by molar-refractivity contribution is 5.92. The van der Waals surface area contributed by atoms with Gasteiger partial charge in [-0.3, -0.25) is 4.79 Å². The average Bonchev–Trinajstić information content (AvgIpc) is 2.61. The van der Waals surface area contributed by atoms with Crippen molar-refractivity contribution in [1.29, 1.82) is 0 Å². The van der Waals surface area contributed by atoms with Crippen molar-refractivity contribution in [2.75, 3.05) is 18.0 Å². The van der Waals surface area contributed by atoms with E-state index in [1.807, 2.05) is 31.2 Å². The Hall–Kier alpha value is -2.43. The van der Waals surface area contributed by atoms with E-state index in [0.29, 0.717) is 12.2 Å². The Morgan fingerprint density at radius 3 is 2.65 bits per heavy atom. The summed E-state index contributed by atoms with van der Waals surface area (Å²) in [5.74, 6) is 0.670. The van der Waals surface area contributed by atoms with E-state index in [4.69, 9.17) is 0 Å². The van der Waals surface area contributed by atoms with E-state index in [1.54, 1.807) is 6.07 Å². The fraction of sp³-hybridized carbons (Fsp3) is 0.389. The number of nitrogens with one attached hydrogen (secondary N) is 1. The van der Waals surface area contributed by atoms with Crippen LogP contribution in [-0.4, -0.2) is 29.2 Å². The lowest BCUT2D eigenvalue weighted by Gasteiger charge is -2.27. The number of carbonyl (C=O) groups is 1. The number of anilines is 1. The van der Waals surface area contributed by atoms with Gasteiger partial charge in [-0.15, -0.1) is 10.2 Å². The van der Waals surface area contributed by atoms with E-state index in [9.17, 15) is 4.79 Å². The van der Waals surface area contributed by atoms with Crippen LogP contribution >= 0.6 is 0 Å². The van der Waals surface area contributed by atoms with Gasteiger partial charge in [0.25, 0.3) is 5.91 Å². The number of nitrogens with zero attached hydrogens (tertiary/aromatic N) is 3. The van der Waals surface area contributed by atoms with Crippen LogP contribution in [0.4, 0.5) is 5.82 Å². The summed E-state index contributed by atoms with van der Waals surface area (Å²) >= 11 is 0. The molecular weight excluding hydrogens is 288 g/mol. The zero-order chi connectivity index (χ0) is 16.1. The Morgan fingerprint density at radius 1 is 1.13 bits per heavy atom. The molecule has 2 heterocycles. The van der Waals surface area contributed by atoms with Crippen LogP contribution in [0.3, 0.4) is 0 Å². The van der Waals surface area contributed by atoms with Crippen LogP contribution in [0.1, 0.15) is 40.9 Å². The maximum Gasteiger partial charge on any atom is 0.272 e. The first-order valence-corrected chi connectivity index (χ1v) is 8.15. The van der Waals surface area contributed by atoms with Gasteiger partial charge in [0.05, 0.1) is 0 Å². The molecule has 0 saturated carbocycles. The van der Waals surface area contributed by atoms with Crippen LogP contribution in [0.15, 0.2) is 36.4 Å². The fourth-order valence-corrected chi connectivity index (χ4v) is 2.83. The largest absolute Gasteiger partial charge is 0.355 e. The summed E-state index contributed by atoms with van der Waals surface area (Å²) in [4.78, 5) is 14.4. The summed E-state index contributed by atoms with van der Waals surface area (Å²) in [6, 6.07) is 11.7. The van der Waals surface area contributed by atoms with Gasteiger partial charge in [-0.2, -0.15) is 0 Å². The van der Waals surface area contributed by atoms with Gasteiger partial charge < -0.3 is 10.2 Å². The number of amides is 1. The molecule has 1 amide bonds. The highest BCUT2D eigenvalue weighted by Crippen LogP contribution is 2.16. The van der Waals surface area contributed by atoms with Crippen LogP contribution in [-0.2, 0) is 6.54 Å². The Morgan fingerprint density at radius 2 is 1.96 bits per heavy atom. The normalized spacial score (nSPS) is 14.6. The topological polar surface area (TPSA) is 58.1 Å². The van der Waals surface area contributed by atoms with Crippen molar-refractivity contribution in [1.82, 2.24) is 15.5 Å². The van der Waals surface area contributed by atoms with Gasteiger partial charge >= 0.3 is 0 Å². The lowest BCUT2D eigenvalue weighted by atomic mass is 10.1. The SMILES string of the molecule is Cc1cccc(CNC(=O)c2ccc(N3CCCCC3)nn2)c1. The fourth-order valence-electron chi connectivity index (χ4n) is 2.83. The second-order valence-electron chi connectivity index (χ2n) is 6.00. The first-order chi connectivity index (χ1) is 11.2. The first-order valence-electron chi connectivity index (χ1n) is 8.15. The molecule has 0 spiro atoms. The first kappa shape index (κ1) is 15.5. The highest BCUT2D eigenvalue weighted by Gasteiger charge is 2.14. The molecule has 0 radical (unpaired) electrons. The van der Waals surface area contributed by atoms with Crippen molar-refractivity contribution in [2.24, 2.45) is 0 Å². The summed E-state index contributed by atoms with van der Waals surface area (Å²) in [5, 5.41) is 11.2. The van der Waals surface area contributed by atoms with Crippen molar-refractivity contribution in [2.45, 2.75) is 32.7 Å². The second kappa shape index (κ2) is 7.22. The van der Waals surface area contributed by atoms with E-state index in [-0.39, 0.29) is 5.91 Å². The summed E-state index contributed by atoms with van der Waals surface area (Å²) in [6.07, 6.45) is 3.67. The molecule has 5 nitrogen and oxygen atoms in total. The monoisotopic (exact) mass is 310 g/mol. The van der Waals surface area contributed by atoms with Gasteiger partial charge in [-0.1, -0.05) is 29.8 Å². The highest BCUT2D eigenvalue weighted by atomic mass is 16.1. The second-order valence-corrected chi connectivity index (χ2v) is 6.00. The van der Waals surface area contributed by atoms with Gasteiger partial charge in [0.1, 0.15) is 0 Å². The predicted molar refractivity (Wildman–Crippen MR) is 90.4 cm³/mol. The van der Waals surface area contributed by atoms with Crippen molar-refractivity contribution in [3.05, 3.63) is 53.2 Å². The molecular formula is C18H22N4O. The Labute approximate surface area is 136 Å². The molecule has 1 N–H and O–H groups in total. The number of carbonyl (C=O) groups excluding carboxylic acids is 1. The number of rotatable bonds is 4. The summed E-state index contributed by atoms with van der Waals surface area (Å²) < 4.78 is 0. The molecule has 1 aliphatic heterocycles. The third kappa shape index (κ3) is 4.06. The molecule has 1 aromatic carbocycles. The van der Waals surface area contributed by atoms with Crippen LogP contribution in [0.2, 0.25) is 0 Å². The van der Waals surface area contributed by atoms with E-state index in [0.717, 1.165) is 24.5 Å². The van der Waals surface area contributed by atoms with Gasteiger partial charge in [0.15, 0.2) is 11.5 Å². The molecule has 3 rings (SSSR count). The maximum absolute atomic E-state index is 12.2. The van der Waals surface area contributed by atoms with Crippen LogP contribution in [0, 0.1) is 6.92 Å². The third-order valence-electron chi connectivity index (χ3n) is 4.10. The zero-order valence-corrected chi connectivity index (χ0v) is 13.5.